The molecule has 3 N–H and O–H groups in total. The molecule has 8 heteroatoms. The molecule has 5 nitrogen and oxygen atoms in total. The number of nitrogens with one attached hydrogen (secondary N) is 2. The molecule has 0 fully saturated rings. The Hall–Kier alpha value is -3.06. The van der Waals surface area contributed by atoms with Crippen LogP contribution in [0.25, 0.3) is 22.1 Å². The quantitative estimate of drug-likeness (QED) is 0.318. The number of halogens is 2. The SMILES string of the molecule is O=C(NC(=S)Nc1cccc2cc(O)ccc12)c1ccc(-c2ccc(Cl)cc2Cl)o1. The lowest BCUT2D eigenvalue weighted by molar-refractivity contribution is 0.0951. The molecule has 0 saturated heterocycles. The highest BCUT2D eigenvalue weighted by Crippen LogP contribution is 2.31. The molecule has 150 valence electrons. The molecule has 0 aliphatic carbocycles. The number of carbonyl (C=O) groups is 1. The van der Waals surface area contributed by atoms with Gasteiger partial charge in [-0.15, -0.1) is 0 Å². The van der Waals surface area contributed by atoms with E-state index in [9.17, 15) is 9.90 Å². The number of rotatable bonds is 3. The molecule has 0 aliphatic heterocycles. The second-order valence-electron chi connectivity index (χ2n) is 6.41. The Bertz CT molecular complexity index is 1290. The van der Waals surface area contributed by atoms with Gasteiger partial charge in [-0.3, -0.25) is 10.1 Å². The number of anilines is 1. The van der Waals surface area contributed by atoms with Crippen molar-refractivity contribution in [3.05, 3.63) is 82.5 Å². The van der Waals surface area contributed by atoms with E-state index in [1.807, 2.05) is 18.2 Å². The van der Waals surface area contributed by atoms with E-state index >= 15 is 0 Å². The third-order valence-corrected chi connectivity index (χ3v) is 5.12. The van der Waals surface area contributed by atoms with Gasteiger partial charge >= 0.3 is 0 Å². The molecular weight excluding hydrogens is 443 g/mol. The summed E-state index contributed by atoms with van der Waals surface area (Å²) >= 11 is 17.4. The highest BCUT2D eigenvalue weighted by atomic mass is 35.5. The van der Waals surface area contributed by atoms with Gasteiger partial charge in [-0.05, 0) is 72.2 Å². The molecule has 0 bridgehead atoms. The van der Waals surface area contributed by atoms with Gasteiger partial charge in [0.15, 0.2) is 10.9 Å². The summed E-state index contributed by atoms with van der Waals surface area (Å²) in [7, 11) is 0. The van der Waals surface area contributed by atoms with Crippen molar-refractivity contribution >= 4 is 62.9 Å². The largest absolute Gasteiger partial charge is 0.508 e. The fraction of sp³-hybridized carbons (Fsp3) is 0. The van der Waals surface area contributed by atoms with Crippen LogP contribution >= 0.6 is 35.4 Å². The van der Waals surface area contributed by atoms with Gasteiger partial charge in [-0.1, -0.05) is 35.3 Å². The van der Waals surface area contributed by atoms with Gasteiger partial charge in [-0.2, -0.15) is 0 Å². The first kappa shape index (κ1) is 20.2. The highest BCUT2D eigenvalue weighted by molar-refractivity contribution is 7.80. The summed E-state index contributed by atoms with van der Waals surface area (Å²) in [5.74, 6) is 0.198. The number of furan rings is 1. The van der Waals surface area contributed by atoms with Crippen LogP contribution in [0.4, 0.5) is 5.69 Å². The van der Waals surface area contributed by atoms with Crippen molar-refractivity contribution in [2.75, 3.05) is 5.32 Å². The number of hydrogen-bond acceptors (Lipinski definition) is 4. The number of phenolic OH excluding ortho intramolecular Hbond substituents is 1. The van der Waals surface area contributed by atoms with Crippen molar-refractivity contribution in [3.8, 4) is 17.1 Å². The first-order valence-electron chi connectivity index (χ1n) is 8.80. The van der Waals surface area contributed by atoms with E-state index in [0.29, 0.717) is 27.1 Å². The van der Waals surface area contributed by atoms with Gasteiger partial charge in [-0.25, -0.2) is 0 Å². The monoisotopic (exact) mass is 456 g/mol. The Labute approximate surface area is 187 Å². The van der Waals surface area contributed by atoms with Crippen LogP contribution in [0, 0.1) is 0 Å². The van der Waals surface area contributed by atoms with E-state index < -0.39 is 5.91 Å². The van der Waals surface area contributed by atoms with Crippen LogP contribution in [0.5, 0.6) is 5.75 Å². The zero-order valence-corrected chi connectivity index (χ0v) is 17.6. The standard InChI is InChI=1S/C22H14Cl2N2O3S/c23-13-4-6-16(17(24)11-13)19-8-9-20(29-19)21(28)26-22(30)25-18-3-1-2-12-10-14(27)5-7-15(12)18/h1-11,27H,(H2,25,26,28,30). The highest BCUT2D eigenvalue weighted by Gasteiger charge is 2.16. The Morgan fingerprint density at radius 1 is 1.00 bits per heavy atom. The van der Waals surface area contributed by atoms with Crippen LogP contribution in [-0.4, -0.2) is 16.1 Å². The summed E-state index contributed by atoms with van der Waals surface area (Å²) in [5.41, 5.74) is 1.32. The average Bonchev–Trinajstić information content (AvgIpc) is 3.18. The van der Waals surface area contributed by atoms with E-state index in [0.717, 1.165) is 10.8 Å². The number of benzene rings is 3. The van der Waals surface area contributed by atoms with Crippen molar-refractivity contribution in [2.24, 2.45) is 0 Å². The second kappa shape index (κ2) is 8.36. The summed E-state index contributed by atoms with van der Waals surface area (Å²) in [5, 5.41) is 18.0. The van der Waals surface area contributed by atoms with Crippen molar-refractivity contribution < 1.29 is 14.3 Å². The molecule has 1 aromatic heterocycles. The molecule has 0 spiro atoms. The zero-order valence-electron chi connectivity index (χ0n) is 15.3. The summed E-state index contributed by atoms with van der Waals surface area (Å²) in [6.07, 6.45) is 0. The third-order valence-electron chi connectivity index (χ3n) is 4.37. The van der Waals surface area contributed by atoms with E-state index in [4.69, 9.17) is 39.8 Å². The number of hydrogen-bond donors (Lipinski definition) is 3. The lowest BCUT2D eigenvalue weighted by Crippen LogP contribution is -2.33. The zero-order chi connectivity index (χ0) is 21.3. The van der Waals surface area contributed by atoms with Crippen LogP contribution in [-0.2, 0) is 0 Å². The predicted octanol–water partition coefficient (Wildman–Crippen LogP) is 6.24. The number of aromatic hydroxyl groups is 1. The molecule has 0 unspecified atom stereocenters. The summed E-state index contributed by atoms with van der Waals surface area (Å²) in [6.45, 7) is 0. The van der Waals surface area contributed by atoms with Crippen LogP contribution in [0.1, 0.15) is 10.6 Å². The van der Waals surface area contributed by atoms with E-state index in [1.165, 1.54) is 0 Å². The third kappa shape index (κ3) is 4.26. The number of amides is 1. The summed E-state index contributed by atoms with van der Waals surface area (Å²) in [6, 6.07) is 18.7. The normalized spacial score (nSPS) is 10.7. The fourth-order valence-electron chi connectivity index (χ4n) is 2.99. The van der Waals surface area contributed by atoms with Crippen LogP contribution < -0.4 is 10.6 Å². The maximum absolute atomic E-state index is 12.5. The van der Waals surface area contributed by atoms with Crippen LogP contribution in [0.3, 0.4) is 0 Å². The Balaban J connectivity index is 1.48. The van der Waals surface area contributed by atoms with Gasteiger partial charge in [0.1, 0.15) is 11.5 Å². The number of carbonyl (C=O) groups excluding carboxylic acids is 1. The van der Waals surface area contributed by atoms with E-state index in [-0.39, 0.29) is 16.6 Å². The van der Waals surface area contributed by atoms with Crippen molar-refractivity contribution in [3.63, 3.8) is 0 Å². The first-order valence-corrected chi connectivity index (χ1v) is 9.96. The summed E-state index contributed by atoms with van der Waals surface area (Å²) in [4.78, 5) is 12.5. The van der Waals surface area contributed by atoms with Gasteiger partial charge in [0.05, 0.1) is 5.02 Å². The second-order valence-corrected chi connectivity index (χ2v) is 7.66. The maximum atomic E-state index is 12.5. The molecule has 0 atom stereocenters. The minimum absolute atomic E-state index is 0.0861. The Morgan fingerprint density at radius 2 is 1.83 bits per heavy atom. The molecule has 1 amide bonds. The molecule has 30 heavy (non-hydrogen) atoms. The smallest absolute Gasteiger partial charge is 0.293 e. The minimum Gasteiger partial charge on any atom is -0.508 e. The molecule has 0 radical (unpaired) electrons. The molecule has 4 aromatic rings. The van der Waals surface area contributed by atoms with Gasteiger partial charge in [0, 0.05) is 21.7 Å². The molecule has 4 rings (SSSR count). The Morgan fingerprint density at radius 3 is 2.63 bits per heavy atom. The summed E-state index contributed by atoms with van der Waals surface area (Å²) < 4.78 is 5.63. The molecule has 0 saturated carbocycles. The molecule has 3 aromatic carbocycles. The lowest BCUT2D eigenvalue weighted by atomic mass is 10.1. The fourth-order valence-corrected chi connectivity index (χ4v) is 3.70. The lowest BCUT2D eigenvalue weighted by Gasteiger charge is -2.11. The Kier molecular flexibility index (Phi) is 5.63. The molecule has 1 heterocycles. The van der Waals surface area contributed by atoms with Crippen LogP contribution in [0.15, 0.2) is 71.1 Å². The number of phenols is 1. The average molecular weight is 457 g/mol. The number of fused-ring (bicyclic) bond motifs is 1. The first-order chi connectivity index (χ1) is 14.4. The molecular formula is C22H14Cl2N2O3S. The van der Waals surface area contributed by atoms with Gasteiger partial charge in [0.2, 0.25) is 0 Å². The molecule has 0 aliphatic rings. The maximum Gasteiger partial charge on any atom is 0.293 e. The van der Waals surface area contributed by atoms with Crippen LogP contribution in [0.2, 0.25) is 10.0 Å². The number of thiocarbonyl (C=S) groups is 1. The predicted molar refractivity (Wildman–Crippen MR) is 123 cm³/mol. The van der Waals surface area contributed by atoms with Crippen molar-refractivity contribution in [2.45, 2.75) is 0 Å². The van der Waals surface area contributed by atoms with E-state index in [2.05, 4.69) is 10.6 Å². The van der Waals surface area contributed by atoms with Gasteiger partial charge < -0.3 is 14.8 Å². The van der Waals surface area contributed by atoms with Crippen molar-refractivity contribution in [1.29, 1.82) is 0 Å². The minimum atomic E-state index is -0.498. The van der Waals surface area contributed by atoms with E-state index in [1.54, 1.807) is 48.5 Å². The topological polar surface area (TPSA) is 74.5 Å². The van der Waals surface area contributed by atoms with Crippen molar-refractivity contribution in [1.82, 2.24) is 5.32 Å². The van der Waals surface area contributed by atoms with Gasteiger partial charge in [0.25, 0.3) is 5.91 Å².